The summed E-state index contributed by atoms with van der Waals surface area (Å²) in [7, 11) is 0. The topological polar surface area (TPSA) is 52.5 Å². The summed E-state index contributed by atoms with van der Waals surface area (Å²) in [6.45, 7) is 1.80. The number of benzene rings is 1. The van der Waals surface area contributed by atoms with E-state index in [4.69, 9.17) is 21.8 Å². The fourth-order valence-corrected chi connectivity index (χ4v) is 1.39. The third-order valence-corrected chi connectivity index (χ3v) is 2.62. The van der Waals surface area contributed by atoms with Gasteiger partial charge in [0, 0.05) is 12.6 Å². The van der Waals surface area contributed by atoms with E-state index in [1.54, 1.807) is 6.07 Å². The number of rotatable bonds is 5. The van der Waals surface area contributed by atoms with Crippen LogP contribution in [-0.4, -0.2) is 29.5 Å². The van der Waals surface area contributed by atoms with Crippen molar-refractivity contribution in [3.63, 3.8) is 0 Å². The van der Waals surface area contributed by atoms with Crippen molar-refractivity contribution >= 4 is 11.6 Å². The minimum absolute atomic E-state index is 0.0892. The van der Waals surface area contributed by atoms with Gasteiger partial charge in [0.2, 0.25) is 0 Å². The Bertz CT molecular complexity index is 349. The van der Waals surface area contributed by atoms with Gasteiger partial charge in [0.05, 0.1) is 17.7 Å². The van der Waals surface area contributed by atoms with Crippen LogP contribution in [0.3, 0.4) is 0 Å². The maximum atomic E-state index is 13.2. The molecule has 0 radical (unpaired) electrons. The van der Waals surface area contributed by atoms with Gasteiger partial charge in [-0.25, -0.2) is 4.39 Å². The van der Waals surface area contributed by atoms with E-state index in [1.165, 1.54) is 12.1 Å². The molecule has 5 heteroatoms. The van der Waals surface area contributed by atoms with Crippen LogP contribution in [0.4, 0.5) is 4.39 Å². The highest BCUT2D eigenvalue weighted by atomic mass is 35.5. The van der Waals surface area contributed by atoms with Crippen LogP contribution in [0.15, 0.2) is 18.2 Å². The molecule has 3 N–H and O–H groups in total. The van der Waals surface area contributed by atoms with Crippen LogP contribution in [0, 0.1) is 5.82 Å². The van der Waals surface area contributed by atoms with E-state index in [2.05, 4.69) is 5.32 Å². The van der Waals surface area contributed by atoms with Gasteiger partial charge in [-0.2, -0.15) is 0 Å². The summed E-state index contributed by atoms with van der Waals surface area (Å²) in [6.07, 6.45) is -0.806. The third kappa shape index (κ3) is 3.72. The number of hydrogen-bond donors (Lipinski definition) is 3. The number of aliphatic hydroxyl groups excluding tert-OH is 2. The molecule has 1 aromatic carbocycles. The number of halogens is 2. The Kier molecular flexibility index (Phi) is 5.15. The molecular weight excluding hydrogens is 233 g/mol. The summed E-state index contributed by atoms with van der Waals surface area (Å²) in [4.78, 5) is 0. The van der Waals surface area contributed by atoms with Crippen molar-refractivity contribution in [3.8, 4) is 0 Å². The lowest BCUT2D eigenvalue weighted by Gasteiger charge is -2.16. The van der Waals surface area contributed by atoms with Crippen molar-refractivity contribution < 1.29 is 14.6 Å². The third-order valence-electron chi connectivity index (χ3n) is 2.31. The maximum absolute atomic E-state index is 13.2. The Morgan fingerprint density at radius 2 is 2.19 bits per heavy atom. The summed E-state index contributed by atoms with van der Waals surface area (Å²) in [6, 6.07) is 4.44. The van der Waals surface area contributed by atoms with Gasteiger partial charge >= 0.3 is 0 Å². The van der Waals surface area contributed by atoms with Crippen molar-refractivity contribution in [2.75, 3.05) is 13.2 Å². The van der Waals surface area contributed by atoms with Crippen LogP contribution in [0.25, 0.3) is 0 Å². The molecule has 0 bridgehead atoms. The van der Waals surface area contributed by atoms with Crippen LogP contribution >= 0.6 is 11.6 Å². The van der Waals surface area contributed by atoms with Crippen LogP contribution in [-0.2, 0) is 0 Å². The molecule has 0 amide bonds. The highest BCUT2D eigenvalue weighted by Gasteiger charge is 2.09. The number of aliphatic hydroxyl groups is 2. The van der Waals surface area contributed by atoms with E-state index in [0.717, 1.165) is 5.56 Å². The predicted octanol–water partition coefficient (Wildman–Crippen LogP) is 1.48. The van der Waals surface area contributed by atoms with E-state index in [-0.39, 0.29) is 24.2 Å². The zero-order valence-electron chi connectivity index (χ0n) is 8.95. The second-order valence-corrected chi connectivity index (χ2v) is 4.05. The molecule has 0 fully saturated rings. The summed E-state index contributed by atoms with van der Waals surface area (Å²) in [5, 5.41) is 20.8. The lowest BCUT2D eigenvalue weighted by molar-refractivity contribution is 0.0924. The van der Waals surface area contributed by atoms with Crippen molar-refractivity contribution in [1.82, 2.24) is 5.32 Å². The highest BCUT2D eigenvalue weighted by Crippen LogP contribution is 2.19. The normalized spacial score (nSPS) is 14.8. The molecule has 90 valence electrons. The van der Waals surface area contributed by atoms with Gasteiger partial charge in [0.25, 0.3) is 0 Å². The summed E-state index contributed by atoms with van der Waals surface area (Å²) >= 11 is 5.57. The molecular formula is C11H15ClFNO2. The average molecular weight is 248 g/mol. The van der Waals surface area contributed by atoms with Gasteiger partial charge in [0.1, 0.15) is 5.82 Å². The number of nitrogens with one attached hydrogen (secondary N) is 1. The Morgan fingerprint density at radius 3 is 2.75 bits per heavy atom. The Balaban J connectivity index is 2.59. The standard InChI is InChI=1S/C11H15ClFNO2/c1-7(14-5-9(16)6-15)8-2-3-10(12)11(13)4-8/h2-4,7,9,14-16H,5-6H2,1H3. The smallest absolute Gasteiger partial charge is 0.142 e. The van der Waals surface area contributed by atoms with Gasteiger partial charge < -0.3 is 15.5 Å². The van der Waals surface area contributed by atoms with Crippen LogP contribution in [0.5, 0.6) is 0 Å². The van der Waals surface area contributed by atoms with E-state index in [0.29, 0.717) is 0 Å². The van der Waals surface area contributed by atoms with Gasteiger partial charge in [-0.15, -0.1) is 0 Å². The molecule has 2 atom stereocenters. The molecule has 0 aliphatic carbocycles. The highest BCUT2D eigenvalue weighted by molar-refractivity contribution is 6.30. The summed E-state index contributed by atoms with van der Waals surface area (Å²) in [5.74, 6) is -0.462. The predicted molar refractivity (Wildman–Crippen MR) is 60.9 cm³/mol. The maximum Gasteiger partial charge on any atom is 0.142 e. The molecule has 0 saturated carbocycles. The van der Waals surface area contributed by atoms with Crippen LogP contribution in [0.2, 0.25) is 5.02 Å². The van der Waals surface area contributed by atoms with Crippen molar-refractivity contribution in [2.24, 2.45) is 0 Å². The van der Waals surface area contributed by atoms with Crippen LogP contribution in [0.1, 0.15) is 18.5 Å². The quantitative estimate of drug-likeness (QED) is 0.739. The molecule has 0 heterocycles. The van der Waals surface area contributed by atoms with Gasteiger partial charge in [-0.05, 0) is 24.6 Å². The number of hydrogen-bond acceptors (Lipinski definition) is 3. The van der Waals surface area contributed by atoms with Crippen molar-refractivity contribution in [3.05, 3.63) is 34.6 Å². The second kappa shape index (κ2) is 6.15. The van der Waals surface area contributed by atoms with Gasteiger partial charge in [0.15, 0.2) is 0 Å². The van der Waals surface area contributed by atoms with Gasteiger partial charge in [-0.3, -0.25) is 0 Å². The van der Waals surface area contributed by atoms with E-state index in [1.807, 2.05) is 6.92 Å². The Morgan fingerprint density at radius 1 is 1.50 bits per heavy atom. The fraction of sp³-hybridized carbons (Fsp3) is 0.455. The largest absolute Gasteiger partial charge is 0.394 e. The van der Waals surface area contributed by atoms with E-state index < -0.39 is 11.9 Å². The Labute approximate surface area is 98.9 Å². The summed E-state index contributed by atoms with van der Waals surface area (Å²) < 4.78 is 13.2. The van der Waals surface area contributed by atoms with Crippen molar-refractivity contribution in [2.45, 2.75) is 19.1 Å². The van der Waals surface area contributed by atoms with Crippen molar-refractivity contribution in [1.29, 1.82) is 0 Å². The zero-order chi connectivity index (χ0) is 12.1. The van der Waals surface area contributed by atoms with Crippen LogP contribution < -0.4 is 5.32 Å². The monoisotopic (exact) mass is 247 g/mol. The first-order valence-electron chi connectivity index (χ1n) is 5.02. The molecule has 16 heavy (non-hydrogen) atoms. The molecule has 1 rings (SSSR count). The first kappa shape index (κ1) is 13.4. The molecule has 0 spiro atoms. The first-order chi connectivity index (χ1) is 7.54. The summed E-state index contributed by atoms with van der Waals surface area (Å²) in [5.41, 5.74) is 0.743. The molecule has 3 nitrogen and oxygen atoms in total. The first-order valence-corrected chi connectivity index (χ1v) is 5.39. The fourth-order valence-electron chi connectivity index (χ4n) is 1.28. The zero-order valence-corrected chi connectivity index (χ0v) is 9.71. The lowest BCUT2D eigenvalue weighted by atomic mass is 10.1. The minimum atomic E-state index is -0.806. The van der Waals surface area contributed by atoms with E-state index >= 15 is 0 Å². The molecule has 0 aliphatic rings. The van der Waals surface area contributed by atoms with Gasteiger partial charge in [-0.1, -0.05) is 17.7 Å². The second-order valence-electron chi connectivity index (χ2n) is 3.64. The lowest BCUT2D eigenvalue weighted by Crippen LogP contribution is -2.31. The average Bonchev–Trinajstić information content (AvgIpc) is 2.29. The minimum Gasteiger partial charge on any atom is -0.394 e. The molecule has 2 unspecified atom stereocenters. The SMILES string of the molecule is CC(NCC(O)CO)c1ccc(Cl)c(F)c1. The molecule has 0 aliphatic heterocycles. The Hall–Kier alpha value is -0.680. The molecule has 0 saturated heterocycles. The van der Waals surface area contributed by atoms with E-state index in [9.17, 15) is 4.39 Å². The molecule has 0 aromatic heterocycles. The molecule has 1 aromatic rings.